The minimum Gasteiger partial charge on any atom is -0.497 e. The lowest BCUT2D eigenvalue weighted by Crippen LogP contribution is -1.90. The predicted molar refractivity (Wildman–Crippen MR) is 65.5 cm³/mol. The Morgan fingerprint density at radius 1 is 1.29 bits per heavy atom. The number of fused-ring (bicyclic) bond motifs is 1. The molecule has 2 aromatic rings. The number of nitrogens with one attached hydrogen (secondary N) is 1. The van der Waals surface area contributed by atoms with Gasteiger partial charge in [-0.3, -0.25) is 0 Å². The van der Waals surface area contributed by atoms with Gasteiger partial charge in [0.15, 0.2) is 0 Å². The molecular weight excluding hydrogens is 216 g/mol. The number of hydrogen-bond donors (Lipinski definition) is 1. The summed E-state index contributed by atoms with van der Waals surface area (Å²) < 4.78 is 10.6. The second kappa shape index (κ2) is 4.38. The first kappa shape index (κ1) is 11.3. The van der Waals surface area contributed by atoms with Crippen molar-refractivity contribution in [1.82, 2.24) is 4.98 Å². The Labute approximate surface area is 99.8 Å². The van der Waals surface area contributed by atoms with Gasteiger partial charge in [0, 0.05) is 23.2 Å². The van der Waals surface area contributed by atoms with Crippen LogP contribution in [0.5, 0.6) is 11.5 Å². The molecule has 1 aromatic heterocycles. The van der Waals surface area contributed by atoms with E-state index in [4.69, 9.17) is 14.7 Å². The lowest BCUT2D eigenvalue weighted by molar-refractivity contribution is 0.398. The maximum Gasteiger partial charge on any atom is 0.132 e. The molecule has 0 atom stereocenters. The third kappa shape index (κ3) is 1.80. The SMILES string of the molecule is COc1cc(OC)c2c(CC#N)c(C)[nH]c2c1. The van der Waals surface area contributed by atoms with Crippen LogP contribution >= 0.6 is 0 Å². The van der Waals surface area contributed by atoms with Crippen molar-refractivity contribution in [3.05, 3.63) is 23.4 Å². The average molecular weight is 230 g/mol. The summed E-state index contributed by atoms with van der Waals surface area (Å²) in [5.41, 5.74) is 2.92. The maximum absolute atomic E-state index is 8.86. The fraction of sp³-hybridized carbons (Fsp3) is 0.308. The number of aryl methyl sites for hydroxylation is 1. The summed E-state index contributed by atoms with van der Waals surface area (Å²) in [5, 5.41) is 9.82. The summed E-state index contributed by atoms with van der Waals surface area (Å²) in [4.78, 5) is 3.25. The monoisotopic (exact) mass is 230 g/mol. The quantitative estimate of drug-likeness (QED) is 0.881. The standard InChI is InChI=1S/C13H14N2O2/c1-8-10(4-5-14)13-11(15-8)6-9(16-2)7-12(13)17-3/h6-7,15H,4H2,1-3H3. The summed E-state index contributed by atoms with van der Waals surface area (Å²) in [5.74, 6) is 1.47. The Hall–Kier alpha value is -2.15. The third-order valence-electron chi connectivity index (χ3n) is 2.86. The molecule has 0 saturated carbocycles. The first-order chi connectivity index (χ1) is 8.21. The number of aromatic amines is 1. The number of ether oxygens (including phenoxy) is 2. The van der Waals surface area contributed by atoms with Crippen LogP contribution in [0.2, 0.25) is 0 Å². The summed E-state index contributed by atoms with van der Waals surface area (Å²) in [6, 6.07) is 5.91. The molecule has 1 N–H and O–H groups in total. The van der Waals surface area contributed by atoms with Gasteiger partial charge >= 0.3 is 0 Å². The molecule has 4 heteroatoms. The van der Waals surface area contributed by atoms with Crippen LogP contribution in [0, 0.1) is 18.3 Å². The van der Waals surface area contributed by atoms with Crippen molar-refractivity contribution in [2.45, 2.75) is 13.3 Å². The van der Waals surface area contributed by atoms with E-state index in [1.54, 1.807) is 14.2 Å². The number of methoxy groups -OCH3 is 2. The van der Waals surface area contributed by atoms with E-state index in [1.165, 1.54) is 0 Å². The second-order valence-corrected chi connectivity index (χ2v) is 3.82. The largest absolute Gasteiger partial charge is 0.497 e. The summed E-state index contributed by atoms with van der Waals surface area (Å²) in [6.07, 6.45) is 0.370. The Kier molecular flexibility index (Phi) is 2.92. The van der Waals surface area contributed by atoms with E-state index in [-0.39, 0.29) is 0 Å². The number of benzene rings is 1. The van der Waals surface area contributed by atoms with Gasteiger partial charge in [0.1, 0.15) is 11.5 Å². The van der Waals surface area contributed by atoms with E-state index in [1.807, 2.05) is 19.1 Å². The zero-order valence-electron chi connectivity index (χ0n) is 10.1. The van der Waals surface area contributed by atoms with Gasteiger partial charge in [0.2, 0.25) is 0 Å². The Balaban J connectivity index is 2.76. The fourth-order valence-electron chi connectivity index (χ4n) is 2.04. The highest BCUT2D eigenvalue weighted by atomic mass is 16.5. The molecule has 0 fully saturated rings. The number of aromatic nitrogens is 1. The highest BCUT2D eigenvalue weighted by Gasteiger charge is 2.14. The van der Waals surface area contributed by atoms with Gasteiger partial charge in [0.25, 0.3) is 0 Å². The molecule has 0 aliphatic carbocycles. The van der Waals surface area contributed by atoms with E-state index < -0.39 is 0 Å². The molecule has 0 amide bonds. The lowest BCUT2D eigenvalue weighted by Gasteiger charge is -2.06. The molecule has 1 heterocycles. The van der Waals surface area contributed by atoms with E-state index in [2.05, 4.69) is 11.1 Å². The minimum atomic E-state index is 0.370. The molecule has 2 rings (SSSR count). The molecule has 17 heavy (non-hydrogen) atoms. The van der Waals surface area contributed by atoms with Crippen LogP contribution < -0.4 is 9.47 Å². The molecule has 0 spiro atoms. The van der Waals surface area contributed by atoms with E-state index in [0.717, 1.165) is 33.7 Å². The molecule has 4 nitrogen and oxygen atoms in total. The summed E-state index contributed by atoms with van der Waals surface area (Å²) in [7, 11) is 3.24. The van der Waals surface area contributed by atoms with Crippen molar-refractivity contribution in [3.8, 4) is 17.6 Å². The minimum absolute atomic E-state index is 0.370. The fourth-order valence-corrected chi connectivity index (χ4v) is 2.04. The Bertz CT molecular complexity index is 593. The van der Waals surface area contributed by atoms with Crippen molar-refractivity contribution in [3.63, 3.8) is 0 Å². The average Bonchev–Trinajstić information content (AvgIpc) is 2.65. The van der Waals surface area contributed by atoms with Crippen LogP contribution in [-0.2, 0) is 6.42 Å². The highest BCUT2D eigenvalue weighted by Crippen LogP contribution is 2.35. The zero-order valence-corrected chi connectivity index (χ0v) is 10.1. The smallest absolute Gasteiger partial charge is 0.132 e. The molecule has 0 saturated heterocycles. The first-order valence-corrected chi connectivity index (χ1v) is 5.31. The van der Waals surface area contributed by atoms with Crippen molar-refractivity contribution in [2.24, 2.45) is 0 Å². The number of nitrogens with zero attached hydrogens (tertiary/aromatic N) is 1. The molecule has 0 bridgehead atoms. The van der Waals surface area contributed by atoms with Crippen LogP contribution in [0.4, 0.5) is 0 Å². The molecular formula is C13H14N2O2. The molecule has 88 valence electrons. The van der Waals surface area contributed by atoms with Crippen LogP contribution in [0.25, 0.3) is 10.9 Å². The maximum atomic E-state index is 8.86. The van der Waals surface area contributed by atoms with Gasteiger partial charge in [0.05, 0.1) is 32.2 Å². The number of rotatable bonds is 3. The molecule has 1 aromatic carbocycles. The van der Waals surface area contributed by atoms with Gasteiger partial charge in [-0.05, 0) is 12.5 Å². The molecule has 0 unspecified atom stereocenters. The normalized spacial score (nSPS) is 10.2. The molecule has 0 aliphatic rings. The summed E-state index contributed by atoms with van der Waals surface area (Å²) >= 11 is 0. The van der Waals surface area contributed by atoms with Gasteiger partial charge in [-0.15, -0.1) is 0 Å². The van der Waals surface area contributed by atoms with E-state index in [0.29, 0.717) is 6.42 Å². The van der Waals surface area contributed by atoms with Gasteiger partial charge < -0.3 is 14.5 Å². The van der Waals surface area contributed by atoms with Crippen LogP contribution in [-0.4, -0.2) is 19.2 Å². The van der Waals surface area contributed by atoms with Gasteiger partial charge in [-0.1, -0.05) is 0 Å². The Morgan fingerprint density at radius 2 is 2.06 bits per heavy atom. The predicted octanol–water partition coefficient (Wildman–Crippen LogP) is 2.56. The Morgan fingerprint density at radius 3 is 2.65 bits per heavy atom. The first-order valence-electron chi connectivity index (χ1n) is 5.31. The molecule has 0 radical (unpaired) electrons. The van der Waals surface area contributed by atoms with Crippen LogP contribution in [0.3, 0.4) is 0 Å². The van der Waals surface area contributed by atoms with Gasteiger partial charge in [-0.2, -0.15) is 5.26 Å². The number of nitriles is 1. The highest BCUT2D eigenvalue weighted by molar-refractivity contribution is 5.92. The molecule has 0 aliphatic heterocycles. The topological polar surface area (TPSA) is 58.0 Å². The van der Waals surface area contributed by atoms with Crippen molar-refractivity contribution >= 4 is 10.9 Å². The number of hydrogen-bond acceptors (Lipinski definition) is 3. The van der Waals surface area contributed by atoms with Crippen molar-refractivity contribution in [2.75, 3.05) is 14.2 Å². The van der Waals surface area contributed by atoms with Crippen molar-refractivity contribution in [1.29, 1.82) is 5.26 Å². The second-order valence-electron chi connectivity index (χ2n) is 3.82. The van der Waals surface area contributed by atoms with E-state index >= 15 is 0 Å². The van der Waals surface area contributed by atoms with Crippen molar-refractivity contribution < 1.29 is 9.47 Å². The van der Waals surface area contributed by atoms with E-state index in [9.17, 15) is 0 Å². The number of H-pyrrole nitrogens is 1. The lowest BCUT2D eigenvalue weighted by atomic mass is 10.1. The third-order valence-corrected chi connectivity index (χ3v) is 2.86. The zero-order chi connectivity index (χ0) is 12.4. The van der Waals surface area contributed by atoms with Crippen LogP contribution in [0.1, 0.15) is 11.3 Å². The summed E-state index contributed by atoms with van der Waals surface area (Å²) in [6.45, 7) is 1.96. The van der Waals surface area contributed by atoms with Crippen LogP contribution in [0.15, 0.2) is 12.1 Å². The van der Waals surface area contributed by atoms with Gasteiger partial charge in [-0.25, -0.2) is 0 Å².